The van der Waals surface area contributed by atoms with Crippen LogP contribution < -0.4 is 10.6 Å². The Bertz CT molecular complexity index is 374. The van der Waals surface area contributed by atoms with Crippen molar-refractivity contribution in [3.8, 4) is 0 Å². The van der Waals surface area contributed by atoms with Crippen LogP contribution in [-0.2, 0) is 0 Å². The lowest BCUT2D eigenvalue weighted by Gasteiger charge is -2.29. The molecule has 0 aromatic carbocycles. The molecule has 2 heterocycles. The van der Waals surface area contributed by atoms with Crippen molar-refractivity contribution in [2.45, 2.75) is 26.3 Å². The molecule has 0 aliphatic carbocycles. The molecule has 16 heavy (non-hydrogen) atoms. The summed E-state index contributed by atoms with van der Waals surface area (Å²) in [6.07, 6.45) is 0.982. The van der Waals surface area contributed by atoms with Crippen LogP contribution in [0.2, 0.25) is 0 Å². The molecule has 1 aromatic heterocycles. The van der Waals surface area contributed by atoms with Crippen molar-refractivity contribution in [1.29, 1.82) is 0 Å². The molecular weight excluding hydrogens is 204 g/mol. The Morgan fingerprint density at radius 3 is 3.06 bits per heavy atom. The minimum absolute atomic E-state index is 0.0805. The number of aromatic amines is 1. The summed E-state index contributed by atoms with van der Waals surface area (Å²) in [7, 11) is 0. The van der Waals surface area contributed by atoms with Crippen LogP contribution in [0.15, 0.2) is 6.07 Å². The summed E-state index contributed by atoms with van der Waals surface area (Å²) in [5, 5.41) is 13.1. The van der Waals surface area contributed by atoms with Crippen LogP contribution in [0, 0.1) is 12.8 Å². The highest BCUT2D eigenvalue weighted by atomic mass is 16.2. The number of nitrogens with one attached hydrogen (secondary N) is 3. The first-order valence-electron chi connectivity index (χ1n) is 5.70. The van der Waals surface area contributed by atoms with Crippen LogP contribution in [0.25, 0.3) is 0 Å². The Hall–Kier alpha value is -1.36. The van der Waals surface area contributed by atoms with Gasteiger partial charge in [0.2, 0.25) is 0 Å². The zero-order valence-electron chi connectivity index (χ0n) is 9.71. The smallest absolute Gasteiger partial charge is 0.272 e. The number of carbonyl (C=O) groups excluding carboxylic acids is 1. The van der Waals surface area contributed by atoms with Crippen LogP contribution in [0.5, 0.6) is 0 Å². The molecular formula is C11H18N4O. The van der Waals surface area contributed by atoms with E-state index in [0.717, 1.165) is 25.2 Å². The summed E-state index contributed by atoms with van der Waals surface area (Å²) < 4.78 is 0. The molecule has 1 aliphatic rings. The number of aryl methyl sites for hydroxylation is 1. The highest BCUT2D eigenvalue weighted by molar-refractivity contribution is 5.92. The summed E-state index contributed by atoms with van der Waals surface area (Å²) in [4.78, 5) is 11.9. The lowest BCUT2D eigenvalue weighted by molar-refractivity contribution is 0.0909. The number of piperidine rings is 1. The second-order valence-electron chi connectivity index (χ2n) is 4.49. The van der Waals surface area contributed by atoms with Crippen LogP contribution in [0.4, 0.5) is 0 Å². The van der Waals surface area contributed by atoms with Crippen LogP contribution >= 0.6 is 0 Å². The average molecular weight is 222 g/mol. The Morgan fingerprint density at radius 1 is 1.62 bits per heavy atom. The molecule has 2 unspecified atom stereocenters. The van der Waals surface area contributed by atoms with E-state index >= 15 is 0 Å². The zero-order chi connectivity index (χ0) is 11.5. The fourth-order valence-corrected chi connectivity index (χ4v) is 2.01. The van der Waals surface area contributed by atoms with Crippen LogP contribution in [0.3, 0.4) is 0 Å². The number of H-pyrrole nitrogens is 1. The third-order valence-corrected chi connectivity index (χ3v) is 3.04. The maximum Gasteiger partial charge on any atom is 0.272 e. The predicted molar refractivity (Wildman–Crippen MR) is 61.2 cm³/mol. The Balaban J connectivity index is 1.96. The van der Waals surface area contributed by atoms with E-state index in [1.165, 1.54) is 0 Å². The standard InChI is InChI=1S/C11H18N4O/c1-7-6-12-4-3-9(7)13-11(16)10-5-8(2)14-15-10/h5,7,9,12H,3-4,6H2,1-2H3,(H,13,16)(H,14,15). The van der Waals surface area contributed by atoms with E-state index < -0.39 is 0 Å². The molecule has 5 heteroatoms. The van der Waals surface area contributed by atoms with Gasteiger partial charge in [0.05, 0.1) is 0 Å². The summed E-state index contributed by atoms with van der Waals surface area (Å²) in [6, 6.07) is 2.02. The number of carbonyl (C=O) groups is 1. The van der Waals surface area contributed by atoms with Gasteiger partial charge < -0.3 is 10.6 Å². The number of hydrogen-bond acceptors (Lipinski definition) is 3. The van der Waals surface area contributed by atoms with E-state index in [4.69, 9.17) is 0 Å². The number of nitrogens with zero attached hydrogens (tertiary/aromatic N) is 1. The lowest BCUT2D eigenvalue weighted by Crippen LogP contribution is -2.48. The van der Waals surface area contributed by atoms with Gasteiger partial charge >= 0.3 is 0 Å². The van der Waals surface area contributed by atoms with Gasteiger partial charge in [-0.2, -0.15) is 5.10 Å². The van der Waals surface area contributed by atoms with Crippen molar-refractivity contribution in [3.63, 3.8) is 0 Å². The lowest BCUT2D eigenvalue weighted by atomic mass is 9.95. The normalized spacial score (nSPS) is 25.4. The third-order valence-electron chi connectivity index (χ3n) is 3.04. The fraction of sp³-hybridized carbons (Fsp3) is 0.636. The highest BCUT2D eigenvalue weighted by Gasteiger charge is 2.23. The van der Waals surface area contributed by atoms with Gasteiger partial charge in [0.25, 0.3) is 5.91 Å². The van der Waals surface area contributed by atoms with Crippen molar-refractivity contribution >= 4 is 5.91 Å². The molecule has 0 radical (unpaired) electrons. The Morgan fingerprint density at radius 2 is 2.44 bits per heavy atom. The number of amides is 1. The topological polar surface area (TPSA) is 69.8 Å². The molecule has 2 rings (SSSR count). The summed E-state index contributed by atoms with van der Waals surface area (Å²) >= 11 is 0. The van der Waals surface area contributed by atoms with Gasteiger partial charge in [-0.1, -0.05) is 6.92 Å². The molecule has 1 saturated heterocycles. The molecule has 0 spiro atoms. The highest BCUT2D eigenvalue weighted by Crippen LogP contribution is 2.11. The molecule has 3 N–H and O–H groups in total. The second-order valence-corrected chi connectivity index (χ2v) is 4.49. The van der Waals surface area contributed by atoms with E-state index in [0.29, 0.717) is 11.6 Å². The molecule has 1 fully saturated rings. The monoisotopic (exact) mass is 222 g/mol. The minimum Gasteiger partial charge on any atom is -0.348 e. The fourth-order valence-electron chi connectivity index (χ4n) is 2.01. The summed E-state index contributed by atoms with van der Waals surface area (Å²) in [5.41, 5.74) is 1.38. The van der Waals surface area contributed by atoms with E-state index in [1.54, 1.807) is 6.07 Å². The quantitative estimate of drug-likeness (QED) is 0.680. The number of rotatable bonds is 2. The Kier molecular flexibility index (Phi) is 3.24. The molecule has 1 aromatic rings. The van der Waals surface area contributed by atoms with Crippen molar-refractivity contribution in [3.05, 3.63) is 17.5 Å². The summed E-state index contributed by atoms with van der Waals surface area (Å²) in [6.45, 7) is 5.96. The SMILES string of the molecule is Cc1cc(C(=O)NC2CCNCC2C)n[nH]1. The predicted octanol–water partition coefficient (Wildman–Crippen LogP) is 0.446. The first-order valence-corrected chi connectivity index (χ1v) is 5.70. The Labute approximate surface area is 95.0 Å². The average Bonchev–Trinajstić information content (AvgIpc) is 2.68. The van der Waals surface area contributed by atoms with E-state index in [1.807, 2.05) is 6.92 Å². The van der Waals surface area contributed by atoms with Crippen LogP contribution in [-0.4, -0.2) is 35.2 Å². The van der Waals surface area contributed by atoms with Crippen molar-refractivity contribution in [2.75, 3.05) is 13.1 Å². The maximum absolute atomic E-state index is 11.9. The first kappa shape index (κ1) is 11.1. The van der Waals surface area contributed by atoms with E-state index in [9.17, 15) is 4.79 Å². The van der Waals surface area contributed by atoms with E-state index in [2.05, 4.69) is 27.8 Å². The van der Waals surface area contributed by atoms with Gasteiger partial charge in [0, 0.05) is 11.7 Å². The molecule has 5 nitrogen and oxygen atoms in total. The van der Waals surface area contributed by atoms with Crippen molar-refractivity contribution in [1.82, 2.24) is 20.8 Å². The molecule has 88 valence electrons. The van der Waals surface area contributed by atoms with Gasteiger partial charge in [0.1, 0.15) is 5.69 Å². The molecule has 0 bridgehead atoms. The first-order chi connectivity index (χ1) is 7.66. The third kappa shape index (κ3) is 2.41. The molecule has 1 aliphatic heterocycles. The summed E-state index contributed by atoms with van der Waals surface area (Å²) in [5.74, 6) is 0.390. The van der Waals surface area contributed by atoms with Crippen molar-refractivity contribution in [2.24, 2.45) is 5.92 Å². The van der Waals surface area contributed by atoms with Gasteiger partial charge in [-0.3, -0.25) is 9.89 Å². The molecule has 1 amide bonds. The van der Waals surface area contributed by atoms with Gasteiger partial charge in [0.15, 0.2) is 0 Å². The molecule has 0 saturated carbocycles. The second kappa shape index (κ2) is 4.65. The molecule has 2 atom stereocenters. The maximum atomic E-state index is 11.9. The van der Waals surface area contributed by atoms with E-state index in [-0.39, 0.29) is 11.9 Å². The van der Waals surface area contributed by atoms with Crippen LogP contribution in [0.1, 0.15) is 29.5 Å². The van der Waals surface area contributed by atoms with Gasteiger partial charge in [-0.15, -0.1) is 0 Å². The largest absolute Gasteiger partial charge is 0.348 e. The number of hydrogen-bond donors (Lipinski definition) is 3. The van der Waals surface area contributed by atoms with Crippen molar-refractivity contribution < 1.29 is 4.79 Å². The minimum atomic E-state index is -0.0805. The number of aromatic nitrogens is 2. The zero-order valence-corrected chi connectivity index (χ0v) is 9.71. The van der Waals surface area contributed by atoms with Gasteiger partial charge in [-0.05, 0) is 38.4 Å². The van der Waals surface area contributed by atoms with Gasteiger partial charge in [-0.25, -0.2) is 0 Å².